The highest BCUT2D eigenvalue weighted by Crippen LogP contribution is 1.93. The highest BCUT2D eigenvalue weighted by molar-refractivity contribution is 5.93. The number of nitrogens with one attached hydrogen (secondary N) is 1. The first kappa shape index (κ1) is 9.47. The van der Waals surface area contributed by atoms with E-state index in [4.69, 9.17) is 5.73 Å². The minimum absolute atomic E-state index is 0.217. The van der Waals surface area contributed by atoms with Crippen molar-refractivity contribution in [3.63, 3.8) is 0 Å². The number of rotatable bonds is 3. The van der Waals surface area contributed by atoms with E-state index in [9.17, 15) is 10.0 Å². The third kappa shape index (κ3) is 2.72. The van der Waals surface area contributed by atoms with Crippen LogP contribution in [0, 0.1) is 5.21 Å². The molecule has 1 amide bonds. The molecule has 3 N–H and O–H groups in total. The second kappa shape index (κ2) is 4.42. The number of pyridine rings is 1. The normalized spacial score (nSPS) is 9.62. The molecule has 0 saturated heterocycles. The maximum Gasteiger partial charge on any atom is 0.251 e. The Bertz CT molecular complexity index is 284. The van der Waals surface area contributed by atoms with Crippen molar-refractivity contribution >= 4 is 5.91 Å². The molecule has 0 aliphatic carbocycles. The van der Waals surface area contributed by atoms with Gasteiger partial charge in [0, 0.05) is 25.2 Å². The molecule has 0 spiro atoms. The Hall–Kier alpha value is -1.62. The van der Waals surface area contributed by atoms with Gasteiger partial charge in [0.25, 0.3) is 5.91 Å². The summed E-state index contributed by atoms with van der Waals surface area (Å²) < 4.78 is 0.625. The molecule has 5 heteroatoms. The van der Waals surface area contributed by atoms with Crippen molar-refractivity contribution in [2.75, 3.05) is 13.1 Å². The molecule has 0 aromatic carbocycles. The molecule has 0 saturated carbocycles. The number of aromatic nitrogens is 1. The molecule has 1 aromatic heterocycles. The van der Waals surface area contributed by atoms with E-state index in [1.54, 1.807) is 0 Å². The van der Waals surface area contributed by atoms with E-state index in [-0.39, 0.29) is 5.91 Å². The Morgan fingerprint density at radius 2 is 2.15 bits per heavy atom. The first-order chi connectivity index (χ1) is 6.24. The van der Waals surface area contributed by atoms with E-state index < -0.39 is 0 Å². The molecule has 1 rings (SSSR count). The summed E-state index contributed by atoms with van der Waals surface area (Å²) in [4.78, 5) is 11.2. The van der Waals surface area contributed by atoms with Gasteiger partial charge in [-0.05, 0) is 0 Å². The van der Waals surface area contributed by atoms with E-state index in [1.807, 2.05) is 0 Å². The van der Waals surface area contributed by atoms with Crippen LogP contribution in [-0.2, 0) is 0 Å². The second-order valence-corrected chi connectivity index (χ2v) is 2.49. The molecule has 0 unspecified atom stereocenters. The van der Waals surface area contributed by atoms with Gasteiger partial charge in [0.15, 0.2) is 12.4 Å². The van der Waals surface area contributed by atoms with Gasteiger partial charge in [0.05, 0.1) is 5.56 Å². The van der Waals surface area contributed by atoms with Crippen molar-refractivity contribution in [1.29, 1.82) is 0 Å². The smallest absolute Gasteiger partial charge is 0.251 e. The Labute approximate surface area is 75.8 Å². The summed E-state index contributed by atoms with van der Waals surface area (Å²) in [6.45, 7) is 0.839. The summed E-state index contributed by atoms with van der Waals surface area (Å²) >= 11 is 0. The van der Waals surface area contributed by atoms with Gasteiger partial charge in [0.2, 0.25) is 0 Å². The number of carbonyl (C=O) groups is 1. The van der Waals surface area contributed by atoms with Gasteiger partial charge < -0.3 is 16.3 Å². The Balaban J connectivity index is 2.61. The average molecular weight is 181 g/mol. The third-order valence-corrected chi connectivity index (χ3v) is 1.49. The van der Waals surface area contributed by atoms with Crippen LogP contribution in [0.3, 0.4) is 0 Å². The van der Waals surface area contributed by atoms with Crippen molar-refractivity contribution < 1.29 is 9.52 Å². The molecular weight excluding hydrogens is 170 g/mol. The standard InChI is InChI=1S/C8H11N3O2/c9-3-4-10-8(12)7-1-5-11(13)6-2-7/h1-2,5-6H,3-4,9H2,(H,10,12). The summed E-state index contributed by atoms with van der Waals surface area (Å²) in [7, 11) is 0. The largest absolute Gasteiger partial charge is 0.619 e. The maximum absolute atomic E-state index is 11.2. The first-order valence-corrected chi connectivity index (χ1v) is 3.91. The molecule has 1 aromatic rings. The molecule has 1 heterocycles. The van der Waals surface area contributed by atoms with Crippen molar-refractivity contribution in [3.05, 3.63) is 35.3 Å². The molecule has 0 atom stereocenters. The van der Waals surface area contributed by atoms with Crippen LogP contribution in [0.4, 0.5) is 0 Å². The van der Waals surface area contributed by atoms with Crippen molar-refractivity contribution in [1.82, 2.24) is 5.32 Å². The minimum Gasteiger partial charge on any atom is -0.619 e. The number of nitrogens with two attached hydrogens (primary N) is 1. The fourth-order valence-electron chi connectivity index (χ4n) is 0.852. The van der Waals surface area contributed by atoms with Crippen LogP contribution >= 0.6 is 0 Å². The molecular formula is C8H11N3O2. The monoisotopic (exact) mass is 181 g/mol. The number of hydrogen-bond acceptors (Lipinski definition) is 3. The fraction of sp³-hybridized carbons (Fsp3) is 0.250. The second-order valence-electron chi connectivity index (χ2n) is 2.49. The van der Waals surface area contributed by atoms with Crippen LogP contribution in [0.2, 0.25) is 0 Å². The summed E-state index contributed by atoms with van der Waals surface area (Å²) in [6.07, 6.45) is 2.55. The number of amides is 1. The van der Waals surface area contributed by atoms with Gasteiger partial charge in [-0.1, -0.05) is 0 Å². The number of hydrogen-bond donors (Lipinski definition) is 2. The van der Waals surface area contributed by atoms with Crippen LogP contribution in [0.25, 0.3) is 0 Å². The highest BCUT2D eigenvalue weighted by atomic mass is 16.5. The van der Waals surface area contributed by atoms with Gasteiger partial charge in [-0.25, -0.2) is 0 Å². The molecule has 0 aliphatic rings. The van der Waals surface area contributed by atoms with Crippen LogP contribution in [0.1, 0.15) is 10.4 Å². The Morgan fingerprint density at radius 3 is 2.69 bits per heavy atom. The van der Waals surface area contributed by atoms with Crippen LogP contribution in [0.5, 0.6) is 0 Å². The molecule has 70 valence electrons. The predicted octanol–water partition coefficient (Wildman–Crippen LogP) is -0.992. The predicted molar refractivity (Wildman–Crippen MR) is 46.8 cm³/mol. The third-order valence-electron chi connectivity index (χ3n) is 1.49. The Kier molecular flexibility index (Phi) is 3.22. The average Bonchev–Trinajstić information content (AvgIpc) is 2.15. The molecule has 0 aliphatic heterocycles. The molecule has 0 bridgehead atoms. The maximum atomic E-state index is 11.2. The zero-order chi connectivity index (χ0) is 9.68. The zero-order valence-corrected chi connectivity index (χ0v) is 7.06. The van der Waals surface area contributed by atoms with E-state index in [2.05, 4.69) is 5.32 Å². The summed E-state index contributed by atoms with van der Waals surface area (Å²) in [6, 6.07) is 2.91. The van der Waals surface area contributed by atoms with E-state index in [0.717, 1.165) is 0 Å². The molecule has 5 nitrogen and oxygen atoms in total. The van der Waals surface area contributed by atoms with Crippen molar-refractivity contribution in [2.45, 2.75) is 0 Å². The molecule has 13 heavy (non-hydrogen) atoms. The van der Waals surface area contributed by atoms with E-state index >= 15 is 0 Å². The topological polar surface area (TPSA) is 82.1 Å². The lowest BCUT2D eigenvalue weighted by Gasteiger charge is -2.02. The fourth-order valence-corrected chi connectivity index (χ4v) is 0.852. The minimum atomic E-state index is -0.217. The van der Waals surface area contributed by atoms with Gasteiger partial charge in [-0.15, -0.1) is 0 Å². The number of carbonyl (C=O) groups excluding carboxylic acids is 1. The summed E-state index contributed by atoms with van der Waals surface area (Å²) in [5, 5.41) is 13.2. The lowest BCUT2D eigenvalue weighted by Crippen LogP contribution is -2.30. The van der Waals surface area contributed by atoms with E-state index in [0.29, 0.717) is 23.4 Å². The van der Waals surface area contributed by atoms with Gasteiger partial charge in [-0.2, -0.15) is 4.73 Å². The Morgan fingerprint density at radius 1 is 1.54 bits per heavy atom. The van der Waals surface area contributed by atoms with Crippen molar-refractivity contribution in [3.8, 4) is 0 Å². The van der Waals surface area contributed by atoms with Crippen molar-refractivity contribution in [2.24, 2.45) is 5.73 Å². The van der Waals surface area contributed by atoms with Gasteiger partial charge >= 0.3 is 0 Å². The number of nitrogens with zero attached hydrogens (tertiary/aromatic N) is 1. The molecule has 0 radical (unpaired) electrons. The van der Waals surface area contributed by atoms with Gasteiger partial charge in [-0.3, -0.25) is 4.79 Å². The summed E-state index contributed by atoms with van der Waals surface area (Å²) in [5.74, 6) is -0.217. The lowest BCUT2D eigenvalue weighted by molar-refractivity contribution is -0.605. The van der Waals surface area contributed by atoms with Crippen LogP contribution in [-0.4, -0.2) is 19.0 Å². The quantitative estimate of drug-likeness (QED) is 0.464. The molecule has 0 fully saturated rings. The summed E-state index contributed by atoms with van der Waals surface area (Å²) in [5.41, 5.74) is 5.67. The highest BCUT2D eigenvalue weighted by Gasteiger charge is 2.04. The SMILES string of the molecule is NCCNC(=O)c1cc[n+]([O-])cc1. The first-order valence-electron chi connectivity index (χ1n) is 3.91. The lowest BCUT2D eigenvalue weighted by atomic mass is 10.2. The zero-order valence-electron chi connectivity index (χ0n) is 7.06. The van der Waals surface area contributed by atoms with E-state index in [1.165, 1.54) is 24.5 Å². The van der Waals surface area contributed by atoms with Gasteiger partial charge in [0.1, 0.15) is 0 Å². The van der Waals surface area contributed by atoms with Crippen LogP contribution < -0.4 is 15.8 Å². The van der Waals surface area contributed by atoms with Crippen LogP contribution in [0.15, 0.2) is 24.5 Å².